The SMILES string of the molecule is C=CCOC(=O)OC1=C(CC)CCCC1. The van der Waals surface area contributed by atoms with Crippen molar-refractivity contribution in [3.63, 3.8) is 0 Å². The van der Waals surface area contributed by atoms with Crippen LogP contribution in [0.2, 0.25) is 0 Å². The van der Waals surface area contributed by atoms with Crippen LogP contribution in [-0.4, -0.2) is 12.8 Å². The molecule has 0 fully saturated rings. The first kappa shape index (κ1) is 11.8. The van der Waals surface area contributed by atoms with Crippen molar-refractivity contribution in [2.24, 2.45) is 0 Å². The maximum absolute atomic E-state index is 11.2. The minimum Gasteiger partial charge on any atom is -0.430 e. The number of rotatable bonds is 4. The van der Waals surface area contributed by atoms with Gasteiger partial charge in [-0.05, 0) is 31.3 Å². The average Bonchev–Trinajstić information content (AvgIpc) is 2.27. The topological polar surface area (TPSA) is 35.5 Å². The molecule has 0 aromatic heterocycles. The van der Waals surface area contributed by atoms with Gasteiger partial charge in [0.15, 0.2) is 0 Å². The van der Waals surface area contributed by atoms with Crippen LogP contribution in [-0.2, 0) is 9.47 Å². The monoisotopic (exact) mass is 210 g/mol. The Morgan fingerprint density at radius 3 is 2.87 bits per heavy atom. The summed E-state index contributed by atoms with van der Waals surface area (Å²) in [6.07, 6.45) is 6.04. The maximum Gasteiger partial charge on any atom is 0.513 e. The van der Waals surface area contributed by atoms with Gasteiger partial charge >= 0.3 is 6.16 Å². The Balaban J connectivity index is 2.50. The fourth-order valence-electron chi connectivity index (χ4n) is 1.69. The van der Waals surface area contributed by atoms with Gasteiger partial charge in [0.2, 0.25) is 0 Å². The number of carbonyl (C=O) groups is 1. The zero-order chi connectivity index (χ0) is 11.1. The zero-order valence-corrected chi connectivity index (χ0v) is 9.25. The van der Waals surface area contributed by atoms with Crippen molar-refractivity contribution < 1.29 is 14.3 Å². The molecule has 0 spiro atoms. The summed E-state index contributed by atoms with van der Waals surface area (Å²) in [5.74, 6) is 0.817. The quantitative estimate of drug-likeness (QED) is 0.525. The lowest BCUT2D eigenvalue weighted by Crippen LogP contribution is -2.11. The highest BCUT2D eigenvalue weighted by Gasteiger charge is 2.16. The average molecular weight is 210 g/mol. The van der Waals surface area contributed by atoms with Crippen LogP contribution in [0.3, 0.4) is 0 Å². The van der Waals surface area contributed by atoms with Gasteiger partial charge in [-0.1, -0.05) is 19.6 Å². The predicted octanol–water partition coefficient (Wildman–Crippen LogP) is 3.56. The second kappa shape index (κ2) is 6.27. The third-order valence-electron chi connectivity index (χ3n) is 2.48. The second-order valence-corrected chi connectivity index (χ2v) is 3.54. The first-order valence-corrected chi connectivity index (χ1v) is 5.44. The van der Waals surface area contributed by atoms with Crippen LogP contribution in [0.15, 0.2) is 24.0 Å². The summed E-state index contributed by atoms with van der Waals surface area (Å²) in [5.41, 5.74) is 1.25. The van der Waals surface area contributed by atoms with Gasteiger partial charge in [-0.2, -0.15) is 0 Å². The molecule has 15 heavy (non-hydrogen) atoms. The van der Waals surface area contributed by atoms with Crippen LogP contribution in [0.25, 0.3) is 0 Å². The summed E-state index contributed by atoms with van der Waals surface area (Å²) in [6, 6.07) is 0. The molecular formula is C12H18O3. The van der Waals surface area contributed by atoms with E-state index in [-0.39, 0.29) is 6.61 Å². The number of hydrogen-bond donors (Lipinski definition) is 0. The molecule has 0 atom stereocenters. The van der Waals surface area contributed by atoms with E-state index < -0.39 is 6.16 Å². The van der Waals surface area contributed by atoms with Gasteiger partial charge in [-0.25, -0.2) is 4.79 Å². The van der Waals surface area contributed by atoms with Crippen LogP contribution >= 0.6 is 0 Å². The van der Waals surface area contributed by atoms with E-state index >= 15 is 0 Å². The van der Waals surface area contributed by atoms with Crippen LogP contribution in [0.5, 0.6) is 0 Å². The molecule has 0 unspecified atom stereocenters. The minimum atomic E-state index is -0.613. The number of carbonyl (C=O) groups excluding carboxylic acids is 1. The smallest absolute Gasteiger partial charge is 0.430 e. The van der Waals surface area contributed by atoms with Gasteiger partial charge in [-0.15, -0.1) is 0 Å². The van der Waals surface area contributed by atoms with Gasteiger partial charge in [0.05, 0.1) is 0 Å². The molecule has 0 saturated carbocycles. The molecule has 0 saturated heterocycles. The van der Waals surface area contributed by atoms with Crippen molar-refractivity contribution in [1.29, 1.82) is 0 Å². The molecule has 3 heteroatoms. The van der Waals surface area contributed by atoms with Gasteiger partial charge in [0.25, 0.3) is 0 Å². The fourth-order valence-corrected chi connectivity index (χ4v) is 1.69. The van der Waals surface area contributed by atoms with Crippen LogP contribution in [0.1, 0.15) is 39.0 Å². The zero-order valence-electron chi connectivity index (χ0n) is 9.25. The Labute approximate surface area is 90.8 Å². The van der Waals surface area contributed by atoms with Crippen molar-refractivity contribution in [1.82, 2.24) is 0 Å². The Morgan fingerprint density at radius 1 is 1.47 bits per heavy atom. The number of ether oxygens (including phenoxy) is 2. The molecular weight excluding hydrogens is 192 g/mol. The van der Waals surface area contributed by atoms with Crippen molar-refractivity contribution in [3.05, 3.63) is 24.0 Å². The Hall–Kier alpha value is -1.25. The first-order chi connectivity index (χ1) is 7.27. The van der Waals surface area contributed by atoms with E-state index in [1.165, 1.54) is 18.1 Å². The molecule has 0 heterocycles. The summed E-state index contributed by atoms with van der Waals surface area (Å²) in [7, 11) is 0. The lowest BCUT2D eigenvalue weighted by molar-refractivity contribution is 0.0818. The van der Waals surface area contributed by atoms with E-state index in [0.29, 0.717) is 0 Å². The normalized spacial score (nSPS) is 16.1. The molecule has 0 radical (unpaired) electrons. The molecule has 1 rings (SSSR count). The fraction of sp³-hybridized carbons (Fsp3) is 0.583. The summed E-state index contributed by atoms with van der Waals surface area (Å²) in [6.45, 7) is 5.75. The molecule has 0 amide bonds. The van der Waals surface area contributed by atoms with Crippen LogP contribution < -0.4 is 0 Å². The van der Waals surface area contributed by atoms with Crippen molar-refractivity contribution in [2.75, 3.05) is 6.61 Å². The summed E-state index contributed by atoms with van der Waals surface area (Å²) in [5, 5.41) is 0. The molecule has 0 aliphatic heterocycles. The largest absolute Gasteiger partial charge is 0.513 e. The highest BCUT2D eigenvalue weighted by atomic mass is 16.7. The molecule has 1 aliphatic carbocycles. The van der Waals surface area contributed by atoms with E-state index in [0.717, 1.165) is 31.4 Å². The standard InChI is InChI=1S/C12H18O3/c1-3-9-14-12(13)15-11-8-6-5-7-10(11)4-2/h3H,1,4-9H2,2H3. The van der Waals surface area contributed by atoms with E-state index in [2.05, 4.69) is 13.5 Å². The lowest BCUT2D eigenvalue weighted by Gasteiger charge is -2.18. The Kier molecular flexibility index (Phi) is 4.95. The lowest BCUT2D eigenvalue weighted by atomic mass is 9.96. The molecule has 0 N–H and O–H groups in total. The van der Waals surface area contributed by atoms with Gasteiger partial charge < -0.3 is 9.47 Å². The molecule has 0 aromatic rings. The molecule has 3 nitrogen and oxygen atoms in total. The summed E-state index contributed by atoms with van der Waals surface area (Å²) >= 11 is 0. The van der Waals surface area contributed by atoms with Crippen LogP contribution in [0.4, 0.5) is 4.79 Å². The molecule has 0 aromatic carbocycles. The molecule has 0 bridgehead atoms. The first-order valence-electron chi connectivity index (χ1n) is 5.44. The van der Waals surface area contributed by atoms with Crippen LogP contribution in [0, 0.1) is 0 Å². The van der Waals surface area contributed by atoms with Gasteiger partial charge in [0.1, 0.15) is 12.4 Å². The van der Waals surface area contributed by atoms with E-state index in [9.17, 15) is 4.79 Å². The third-order valence-corrected chi connectivity index (χ3v) is 2.48. The number of allylic oxidation sites excluding steroid dienone is 2. The molecule has 84 valence electrons. The van der Waals surface area contributed by atoms with Crippen molar-refractivity contribution >= 4 is 6.16 Å². The van der Waals surface area contributed by atoms with E-state index in [1.54, 1.807) is 0 Å². The number of hydrogen-bond acceptors (Lipinski definition) is 3. The van der Waals surface area contributed by atoms with Gasteiger partial charge in [0, 0.05) is 6.42 Å². The van der Waals surface area contributed by atoms with Gasteiger partial charge in [-0.3, -0.25) is 0 Å². The highest BCUT2D eigenvalue weighted by molar-refractivity contribution is 5.61. The van der Waals surface area contributed by atoms with Crippen molar-refractivity contribution in [2.45, 2.75) is 39.0 Å². The predicted molar refractivity (Wildman–Crippen MR) is 58.4 cm³/mol. The minimum absolute atomic E-state index is 0.202. The van der Waals surface area contributed by atoms with E-state index in [4.69, 9.17) is 9.47 Å². The summed E-state index contributed by atoms with van der Waals surface area (Å²) in [4.78, 5) is 11.2. The highest BCUT2D eigenvalue weighted by Crippen LogP contribution is 2.27. The Morgan fingerprint density at radius 2 is 2.20 bits per heavy atom. The second-order valence-electron chi connectivity index (χ2n) is 3.54. The Bertz CT molecular complexity index is 266. The van der Waals surface area contributed by atoms with E-state index in [1.807, 2.05) is 0 Å². The molecule has 1 aliphatic rings. The third kappa shape index (κ3) is 3.78. The van der Waals surface area contributed by atoms with Crippen molar-refractivity contribution in [3.8, 4) is 0 Å². The summed E-state index contributed by atoms with van der Waals surface area (Å²) < 4.78 is 9.94. The maximum atomic E-state index is 11.2.